The maximum absolute atomic E-state index is 14.9. The average Bonchev–Trinajstić information content (AvgIpc) is 3.43. The lowest BCUT2D eigenvalue weighted by molar-refractivity contribution is 0.413. The van der Waals surface area contributed by atoms with Gasteiger partial charge in [-0.05, 0) is 51.0 Å². The number of aromatic nitrogens is 4. The van der Waals surface area contributed by atoms with Crippen molar-refractivity contribution in [2.75, 3.05) is 30.4 Å². The van der Waals surface area contributed by atoms with Gasteiger partial charge in [-0.15, -0.1) is 12.4 Å². The number of hydrogen-bond acceptors (Lipinski definition) is 8. The first-order chi connectivity index (χ1) is 18.9. The fourth-order valence-corrected chi connectivity index (χ4v) is 4.83. The average molecular weight is 563 g/mol. The highest BCUT2D eigenvalue weighted by Gasteiger charge is 2.22. The van der Waals surface area contributed by atoms with Gasteiger partial charge in [0.05, 0.1) is 30.1 Å². The van der Waals surface area contributed by atoms with Gasteiger partial charge in [0, 0.05) is 60.4 Å². The predicted octanol–water partition coefficient (Wildman–Crippen LogP) is 5.70. The van der Waals surface area contributed by atoms with Gasteiger partial charge >= 0.3 is 0 Å². The Morgan fingerprint density at radius 1 is 1.20 bits per heavy atom. The van der Waals surface area contributed by atoms with Gasteiger partial charge in [0.1, 0.15) is 29.3 Å². The van der Waals surface area contributed by atoms with E-state index < -0.39 is 5.82 Å². The maximum atomic E-state index is 14.9. The van der Waals surface area contributed by atoms with Gasteiger partial charge in [0.2, 0.25) is 0 Å². The highest BCUT2D eigenvalue weighted by atomic mass is 35.5. The van der Waals surface area contributed by atoms with Gasteiger partial charge in [-0.25, -0.2) is 14.4 Å². The highest BCUT2D eigenvalue weighted by Crippen LogP contribution is 2.36. The third-order valence-electron chi connectivity index (χ3n) is 6.83. The molecule has 3 N–H and O–H groups in total. The van der Waals surface area contributed by atoms with E-state index in [2.05, 4.69) is 45.2 Å². The number of ether oxygens (including phenoxy) is 1. The number of rotatable bonds is 7. The standard InChI is InChI=1S/C29H31FN8O.ClH/c1-18(2)38-16-20(14-34-38)22-15-33-27(12-24(22)37-11-5-6-21(32)17-37)35-26-10-9-19(13-31)29(36-26)28-23(30)7-4-8-25(28)39-3;/h4,7-10,12,14-16,18,21H,5-6,11,17,32H2,1-3H3,(H,33,35,36);1H/t21-;/m0./s1. The molecule has 0 bridgehead atoms. The summed E-state index contributed by atoms with van der Waals surface area (Å²) in [6, 6.07) is 12.2. The smallest absolute Gasteiger partial charge is 0.136 e. The highest BCUT2D eigenvalue weighted by molar-refractivity contribution is 5.85. The number of piperidine rings is 1. The number of nitrogens with one attached hydrogen (secondary N) is 1. The normalized spacial score (nSPS) is 14.9. The van der Waals surface area contributed by atoms with Crippen molar-refractivity contribution < 1.29 is 9.13 Å². The lowest BCUT2D eigenvalue weighted by Gasteiger charge is -2.34. The molecule has 40 heavy (non-hydrogen) atoms. The van der Waals surface area contributed by atoms with Crippen LogP contribution in [-0.4, -0.2) is 46.0 Å². The largest absolute Gasteiger partial charge is 0.496 e. The van der Waals surface area contributed by atoms with Crippen molar-refractivity contribution in [1.82, 2.24) is 19.7 Å². The summed E-state index contributed by atoms with van der Waals surface area (Å²) >= 11 is 0. The Kier molecular flexibility index (Phi) is 8.87. The number of pyridine rings is 2. The molecule has 9 nitrogen and oxygen atoms in total. The molecule has 0 unspecified atom stereocenters. The van der Waals surface area contributed by atoms with Crippen molar-refractivity contribution in [2.24, 2.45) is 5.73 Å². The lowest BCUT2D eigenvalue weighted by atomic mass is 10.0. The van der Waals surface area contributed by atoms with E-state index in [1.54, 1.807) is 24.3 Å². The first-order valence-electron chi connectivity index (χ1n) is 12.9. The van der Waals surface area contributed by atoms with Crippen LogP contribution in [0.1, 0.15) is 38.3 Å². The number of benzene rings is 1. The fraction of sp³-hybridized carbons (Fsp3) is 0.310. The summed E-state index contributed by atoms with van der Waals surface area (Å²) in [5.41, 5.74) is 9.82. The molecule has 1 aliphatic heterocycles. The monoisotopic (exact) mass is 562 g/mol. The van der Waals surface area contributed by atoms with E-state index in [0.29, 0.717) is 17.4 Å². The van der Waals surface area contributed by atoms with Gasteiger partial charge in [-0.1, -0.05) is 6.07 Å². The van der Waals surface area contributed by atoms with Crippen LogP contribution >= 0.6 is 12.4 Å². The summed E-state index contributed by atoms with van der Waals surface area (Å²) in [5.74, 6) is 0.754. The molecule has 0 radical (unpaired) electrons. The van der Waals surface area contributed by atoms with Crippen molar-refractivity contribution in [2.45, 2.75) is 38.8 Å². The molecule has 0 amide bonds. The predicted molar refractivity (Wildman–Crippen MR) is 157 cm³/mol. The van der Waals surface area contributed by atoms with Crippen LogP contribution < -0.4 is 20.7 Å². The number of nitrogens with two attached hydrogens (primary N) is 1. The molecule has 0 aliphatic carbocycles. The number of hydrogen-bond donors (Lipinski definition) is 2. The van der Waals surface area contributed by atoms with Crippen LogP contribution in [0.2, 0.25) is 0 Å². The van der Waals surface area contributed by atoms with Gasteiger partial charge in [0.15, 0.2) is 0 Å². The number of anilines is 3. The van der Waals surface area contributed by atoms with Crippen molar-refractivity contribution in [3.05, 3.63) is 66.4 Å². The Morgan fingerprint density at radius 2 is 2.02 bits per heavy atom. The minimum absolute atomic E-state index is 0. The maximum Gasteiger partial charge on any atom is 0.136 e. The molecule has 1 aromatic carbocycles. The Labute approximate surface area is 239 Å². The van der Waals surface area contributed by atoms with Crippen LogP contribution in [0.3, 0.4) is 0 Å². The molecule has 1 saturated heterocycles. The van der Waals surface area contributed by atoms with E-state index in [1.807, 2.05) is 29.3 Å². The van der Waals surface area contributed by atoms with Gasteiger partial charge in [0.25, 0.3) is 0 Å². The second-order valence-electron chi connectivity index (χ2n) is 9.88. The molecule has 3 aromatic heterocycles. The van der Waals surface area contributed by atoms with E-state index in [1.165, 1.54) is 13.2 Å². The van der Waals surface area contributed by atoms with Crippen molar-refractivity contribution in [3.8, 4) is 34.2 Å². The lowest BCUT2D eigenvalue weighted by Crippen LogP contribution is -2.43. The topological polar surface area (TPSA) is 118 Å². The van der Waals surface area contributed by atoms with Gasteiger partial charge in [-0.2, -0.15) is 10.4 Å². The molecule has 0 spiro atoms. The van der Waals surface area contributed by atoms with E-state index in [0.717, 1.165) is 42.7 Å². The molecule has 1 aliphatic rings. The molecule has 4 heterocycles. The number of nitriles is 1. The molecule has 1 fully saturated rings. The zero-order valence-electron chi connectivity index (χ0n) is 22.6. The molecule has 11 heteroatoms. The molecule has 5 rings (SSSR count). The fourth-order valence-electron chi connectivity index (χ4n) is 4.83. The van der Waals surface area contributed by atoms with Crippen LogP contribution in [0, 0.1) is 17.1 Å². The quantitative estimate of drug-likeness (QED) is 0.294. The summed E-state index contributed by atoms with van der Waals surface area (Å²) in [6.07, 6.45) is 7.70. The first-order valence-corrected chi connectivity index (χ1v) is 12.9. The van der Waals surface area contributed by atoms with E-state index in [-0.39, 0.29) is 41.3 Å². The number of nitrogens with zero attached hydrogens (tertiary/aromatic N) is 6. The number of methoxy groups -OCH3 is 1. The van der Waals surface area contributed by atoms with Crippen molar-refractivity contribution in [1.29, 1.82) is 5.26 Å². The van der Waals surface area contributed by atoms with E-state index in [9.17, 15) is 9.65 Å². The third kappa shape index (κ3) is 5.86. The Balaban J connectivity index is 0.00000370. The Bertz CT molecular complexity index is 1530. The van der Waals surface area contributed by atoms with E-state index in [4.69, 9.17) is 10.5 Å². The van der Waals surface area contributed by atoms with Gasteiger partial charge in [-0.3, -0.25) is 4.68 Å². The van der Waals surface area contributed by atoms with Crippen LogP contribution in [-0.2, 0) is 0 Å². The summed E-state index contributed by atoms with van der Waals surface area (Å²) in [4.78, 5) is 11.5. The molecule has 0 saturated carbocycles. The van der Waals surface area contributed by atoms with Crippen LogP contribution in [0.4, 0.5) is 21.7 Å². The summed E-state index contributed by atoms with van der Waals surface area (Å²) in [6.45, 7) is 5.79. The SMILES string of the molecule is COc1cccc(F)c1-c1nc(Nc2cc(N3CCC[C@H](N)C3)c(-c3cnn(C(C)C)c3)cn2)ccc1C#N.Cl. The minimum atomic E-state index is -0.524. The summed E-state index contributed by atoms with van der Waals surface area (Å²) in [5, 5.41) is 17.4. The third-order valence-corrected chi connectivity index (χ3v) is 6.83. The van der Waals surface area contributed by atoms with Crippen molar-refractivity contribution in [3.63, 3.8) is 0 Å². The summed E-state index contributed by atoms with van der Waals surface area (Å²) < 4.78 is 22.1. The molecule has 4 aromatic rings. The second-order valence-corrected chi connectivity index (χ2v) is 9.88. The van der Waals surface area contributed by atoms with Crippen LogP contribution in [0.5, 0.6) is 5.75 Å². The van der Waals surface area contributed by atoms with Gasteiger partial charge < -0.3 is 20.7 Å². The zero-order valence-corrected chi connectivity index (χ0v) is 23.5. The van der Waals surface area contributed by atoms with Crippen LogP contribution in [0.15, 0.2) is 55.0 Å². The van der Waals surface area contributed by atoms with E-state index >= 15 is 0 Å². The number of halogens is 2. The molecule has 1 atom stereocenters. The van der Waals surface area contributed by atoms with Crippen LogP contribution in [0.25, 0.3) is 22.4 Å². The summed E-state index contributed by atoms with van der Waals surface area (Å²) in [7, 11) is 1.46. The zero-order chi connectivity index (χ0) is 27.5. The second kappa shape index (κ2) is 12.3. The molecular formula is C29H32ClFN8O. The Morgan fingerprint density at radius 3 is 2.73 bits per heavy atom. The molecular weight excluding hydrogens is 531 g/mol. The van der Waals surface area contributed by atoms with Crippen molar-refractivity contribution >= 4 is 29.7 Å². The first kappa shape index (κ1) is 28.8. The Hall–Kier alpha value is -4.20. The minimum Gasteiger partial charge on any atom is -0.496 e. The molecule has 208 valence electrons.